The first-order chi connectivity index (χ1) is 3.63. The zero-order valence-corrected chi connectivity index (χ0v) is 7.78. The van der Waals surface area contributed by atoms with Crippen molar-refractivity contribution in [2.75, 3.05) is 0 Å². The minimum atomic E-state index is 0.0486. The molecule has 0 aromatic rings. The lowest BCUT2D eigenvalue weighted by molar-refractivity contribution is 0.742. The predicted molar refractivity (Wildman–Crippen MR) is 41.9 cm³/mol. The Morgan fingerprint density at radius 3 is 1.75 bits per heavy atom. The Hall–Kier alpha value is 0.177. The number of hydrogen-bond acceptors (Lipinski definition) is 1. The summed E-state index contributed by atoms with van der Waals surface area (Å²) in [4.78, 5) is 3.48. The molecule has 0 aliphatic heterocycles. The van der Waals surface area contributed by atoms with E-state index in [0.717, 1.165) is 5.54 Å². The van der Waals surface area contributed by atoms with E-state index in [4.69, 9.17) is 0 Å². The molecule has 0 amide bonds. The predicted octanol–water partition coefficient (Wildman–Crippen LogP) is 0.896. The van der Waals surface area contributed by atoms with Crippen LogP contribution >= 0.6 is 0 Å². The van der Waals surface area contributed by atoms with Crippen molar-refractivity contribution >= 4 is 9.68 Å². The second-order valence-electron chi connectivity index (χ2n) is 2.96. The van der Waals surface area contributed by atoms with Crippen LogP contribution in [0.4, 0.5) is 0 Å². The minimum Gasteiger partial charge on any atom is -0.340 e. The molecule has 0 bridgehead atoms. The van der Waals surface area contributed by atoms with Gasteiger partial charge in [0.25, 0.3) is 0 Å². The molecule has 2 heteroatoms. The van der Waals surface area contributed by atoms with Crippen LogP contribution in [0.25, 0.3) is 0 Å². The Morgan fingerprint density at radius 2 is 1.62 bits per heavy atom. The standard InChI is InChI=1S/C6H17NSi/c1-5(2)7-8-6(3)4/h5-7H,8H2,1-4H3. The third-order valence-corrected chi connectivity index (χ3v) is 2.80. The highest BCUT2D eigenvalue weighted by atomic mass is 28.2. The second-order valence-corrected chi connectivity index (χ2v) is 5.41. The van der Waals surface area contributed by atoms with Crippen LogP contribution in [0.3, 0.4) is 0 Å². The molecule has 0 saturated heterocycles. The first kappa shape index (κ1) is 8.18. The molecule has 0 aliphatic rings. The Morgan fingerprint density at radius 1 is 1.12 bits per heavy atom. The molecule has 0 atom stereocenters. The molecule has 0 aromatic heterocycles. The van der Waals surface area contributed by atoms with Gasteiger partial charge in [-0.05, 0) is 11.6 Å². The van der Waals surface area contributed by atoms with Crippen molar-refractivity contribution in [2.45, 2.75) is 39.3 Å². The zero-order chi connectivity index (χ0) is 6.57. The van der Waals surface area contributed by atoms with Crippen molar-refractivity contribution in [3.8, 4) is 0 Å². The van der Waals surface area contributed by atoms with E-state index in [2.05, 4.69) is 32.7 Å². The average molecular weight is 131 g/mol. The molecule has 0 spiro atoms. The van der Waals surface area contributed by atoms with E-state index in [-0.39, 0.29) is 9.68 Å². The molecule has 0 saturated carbocycles. The zero-order valence-electron chi connectivity index (χ0n) is 6.36. The summed E-state index contributed by atoms with van der Waals surface area (Å²) in [6.45, 7) is 8.97. The lowest BCUT2D eigenvalue weighted by atomic mass is 10.4. The van der Waals surface area contributed by atoms with Gasteiger partial charge in [0.1, 0.15) is 0 Å². The normalized spacial score (nSPS) is 12.8. The van der Waals surface area contributed by atoms with Crippen LogP contribution < -0.4 is 4.98 Å². The summed E-state index contributed by atoms with van der Waals surface area (Å²) in [5.74, 6) is 0. The molecule has 0 unspecified atom stereocenters. The van der Waals surface area contributed by atoms with E-state index < -0.39 is 0 Å². The average Bonchev–Trinajstić information content (AvgIpc) is 1.61. The molecule has 0 radical (unpaired) electrons. The van der Waals surface area contributed by atoms with Crippen LogP contribution in [0.5, 0.6) is 0 Å². The Kier molecular flexibility index (Phi) is 4.19. The van der Waals surface area contributed by atoms with Gasteiger partial charge in [-0.15, -0.1) is 0 Å². The molecule has 0 aliphatic carbocycles. The van der Waals surface area contributed by atoms with E-state index in [1.807, 2.05) is 0 Å². The summed E-state index contributed by atoms with van der Waals surface area (Å²) >= 11 is 0. The highest BCUT2D eigenvalue weighted by molar-refractivity contribution is 6.34. The molecule has 1 N–H and O–H groups in total. The lowest BCUT2D eigenvalue weighted by Crippen LogP contribution is -2.28. The van der Waals surface area contributed by atoms with E-state index >= 15 is 0 Å². The topological polar surface area (TPSA) is 12.0 Å². The molecule has 0 rings (SSSR count). The maximum absolute atomic E-state index is 3.48. The van der Waals surface area contributed by atoms with E-state index in [0.29, 0.717) is 6.04 Å². The SMILES string of the molecule is CC(C)N[SiH2]C(C)C. The van der Waals surface area contributed by atoms with Gasteiger partial charge in [-0.2, -0.15) is 0 Å². The third kappa shape index (κ3) is 6.18. The summed E-state index contributed by atoms with van der Waals surface area (Å²) in [5, 5.41) is 0. The van der Waals surface area contributed by atoms with Gasteiger partial charge in [0, 0.05) is 0 Å². The first-order valence-electron chi connectivity index (χ1n) is 3.36. The lowest BCUT2D eigenvalue weighted by Gasteiger charge is -2.08. The number of hydrogen-bond donors (Lipinski definition) is 1. The van der Waals surface area contributed by atoms with Crippen molar-refractivity contribution in [3.05, 3.63) is 0 Å². The Balaban J connectivity index is 2.93. The van der Waals surface area contributed by atoms with Crippen molar-refractivity contribution in [1.29, 1.82) is 0 Å². The summed E-state index contributed by atoms with van der Waals surface area (Å²) in [6, 6.07) is 0.698. The Bertz CT molecular complexity index is 44.5. The fraction of sp³-hybridized carbons (Fsp3) is 1.00. The maximum atomic E-state index is 3.48. The molecule has 0 fully saturated rings. The summed E-state index contributed by atoms with van der Waals surface area (Å²) in [7, 11) is 0.0486. The van der Waals surface area contributed by atoms with Gasteiger partial charge in [0.2, 0.25) is 0 Å². The van der Waals surface area contributed by atoms with Crippen LogP contribution in [0, 0.1) is 0 Å². The number of rotatable bonds is 3. The molecule has 8 heavy (non-hydrogen) atoms. The highest BCUT2D eigenvalue weighted by Gasteiger charge is 1.94. The van der Waals surface area contributed by atoms with Crippen LogP contribution in [0.15, 0.2) is 0 Å². The molecule has 0 heterocycles. The van der Waals surface area contributed by atoms with Gasteiger partial charge in [-0.3, -0.25) is 0 Å². The molecule has 1 nitrogen and oxygen atoms in total. The van der Waals surface area contributed by atoms with Gasteiger partial charge in [0.15, 0.2) is 0 Å². The van der Waals surface area contributed by atoms with Crippen LogP contribution in [0.2, 0.25) is 5.54 Å². The number of nitrogens with one attached hydrogen (secondary N) is 1. The van der Waals surface area contributed by atoms with E-state index in [1.165, 1.54) is 0 Å². The van der Waals surface area contributed by atoms with Gasteiger partial charge in [0.05, 0.1) is 9.68 Å². The van der Waals surface area contributed by atoms with Gasteiger partial charge < -0.3 is 4.98 Å². The second kappa shape index (κ2) is 4.10. The van der Waals surface area contributed by atoms with Crippen LogP contribution in [0.1, 0.15) is 27.7 Å². The Labute approximate surface area is 54.8 Å². The largest absolute Gasteiger partial charge is 0.340 e. The molecular weight excluding hydrogens is 114 g/mol. The summed E-state index contributed by atoms with van der Waals surface area (Å²) in [5.41, 5.74) is 0.914. The van der Waals surface area contributed by atoms with Crippen molar-refractivity contribution in [2.24, 2.45) is 0 Å². The van der Waals surface area contributed by atoms with Crippen molar-refractivity contribution in [3.63, 3.8) is 0 Å². The summed E-state index contributed by atoms with van der Waals surface area (Å²) < 4.78 is 0. The van der Waals surface area contributed by atoms with Gasteiger partial charge in [-0.25, -0.2) is 0 Å². The van der Waals surface area contributed by atoms with Crippen LogP contribution in [-0.4, -0.2) is 15.7 Å². The summed E-state index contributed by atoms with van der Waals surface area (Å²) in [6.07, 6.45) is 0. The van der Waals surface area contributed by atoms with E-state index in [9.17, 15) is 0 Å². The van der Waals surface area contributed by atoms with Crippen molar-refractivity contribution < 1.29 is 0 Å². The quantitative estimate of drug-likeness (QED) is 0.561. The minimum absolute atomic E-state index is 0.0486. The van der Waals surface area contributed by atoms with Gasteiger partial charge in [-0.1, -0.05) is 27.7 Å². The third-order valence-electron chi connectivity index (χ3n) is 0.934. The molecule has 50 valence electrons. The maximum Gasteiger partial charge on any atom is 0.0944 e. The molecule has 0 aromatic carbocycles. The highest BCUT2D eigenvalue weighted by Crippen LogP contribution is 1.93. The fourth-order valence-corrected chi connectivity index (χ4v) is 1.41. The molecular formula is C6H17NSi. The first-order valence-corrected chi connectivity index (χ1v) is 4.88. The monoisotopic (exact) mass is 131 g/mol. The smallest absolute Gasteiger partial charge is 0.0944 e. The van der Waals surface area contributed by atoms with Gasteiger partial charge >= 0.3 is 0 Å². The van der Waals surface area contributed by atoms with E-state index in [1.54, 1.807) is 0 Å². The van der Waals surface area contributed by atoms with Crippen LogP contribution in [-0.2, 0) is 0 Å². The fourth-order valence-electron chi connectivity index (χ4n) is 0.471. The van der Waals surface area contributed by atoms with Crippen molar-refractivity contribution in [1.82, 2.24) is 4.98 Å².